The van der Waals surface area contributed by atoms with Crippen molar-refractivity contribution in [2.75, 3.05) is 6.61 Å². The maximum atomic E-state index is 11.9. The number of ketones is 1. The Hall–Kier alpha value is -1.59. The zero-order chi connectivity index (χ0) is 17.2. The highest BCUT2D eigenvalue weighted by molar-refractivity contribution is 5.83. The molecule has 0 unspecified atom stereocenters. The highest BCUT2D eigenvalue weighted by Gasteiger charge is 2.25. The fourth-order valence-electron chi connectivity index (χ4n) is 1.75. The average molecular weight is 315 g/mol. The van der Waals surface area contributed by atoms with Crippen LogP contribution in [0.3, 0.4) is 0 Å². The van der Waals surface area contributed by atoms with Crippen LogP contribution in [0.5, 0.6) is 0 Å². The molecule has 0 aromatic rings. The molecule has 22 heavy (non-hydrogen) atoms. The van der Waals surface area contributed by atoms with Gasteiger partial charge in [0, 0.05) is 12.8 Å². The van der Waals surface area contributed by atoms with Gasteiger partial charge < -0.3 is 14.8 Å². The molecule has 0 rings (SSSR count). The molecule has 0 aliphatic carbocycles. The number of alkyl carbamates (subject to hydrolysis) is 1. The van der Waals surface area contributed by atoms with Crippen molar-refractivity contribution in [2.45, 2.75) is 78.4 Å². The molecular weight excluding hydrogens is 286 g/mol. The van der Waals surface area contributed by atoms with Gasteiger partial charge in [0.05, 0.1) is 6.61 Å². The van der Waals surface area contributed by atoms with Crippen LogP contribution in [0.1, 0.15) is 66.7 Å². The van der Waals surface area contributed by atoms with E-state index in [0.29, 0.717) is 6.42 Å². The van der Waals surface area contributed by atoms with Crippen LogP contribution in [-0.4, -0.2) is 36.1 Å². The highest BCUT2D eigenvalue weighted by atomic mass is 16.6. The van der Waals surface area contributed by atoms with Crippen molar-refractivity contribution >= 4 is 17.8 Å². The van der Waals surface area contributed by atoms with Crippen molar-refractivity contribution in [1.29, 1.82) is 0 Å². The maximum Gasteiger partial charge on any atom is 0.408 e. The van der Waals surface area contributed by atoms with Gasteiger partial charge in [0.15, 0.2) is 0 Å². The SMILES string of the molecule is CCCCC(=O)CC[C@H](NC(=O)OC(C)(C)C)C(=O)OCC. The number of amides is 1. The first-order valence-electron chi connectivity index (χ1n) is 7.87. The summed E-state index contributed by atoms with van der Waals surface area (Å²) < 4.78 is 10.1. The molecule has 1 N–H and O–H groups in total. The Balaban J connectivity index is 4.53. The summed E-state index contributed by atoms with van der Waals surface area (Å²) in [5.41, 5.74) is -0.653. The standard InChI is InChI=1S/C16H29NO5/c1-6-8-9-12(18)10-11-13(14(19)21-7-2)17-15(20)22-16(3,4)5/h13H,6-11H2,1-5H3,(H,17,20)/t13-/m0/s1. The van der Waals surface area contributed by atoms with E-state index in [4.69, 9.17) is 9.47 Å². The number of nitrogens with one attached hydrogen (secondary N) is 1. The Morgan fingerprint density at radius 2 is 1.73 bits per heavy atom. The molecule has 6 heteroatoms. The zero-order valence-corrected chi connectivity index (χ0v) is 14.4. The van der Waals surface area contributed by atoms with E-state index in [9.17, 15) is 14.4 Å². The number of hydrogen-bond acceptors (Lipinski definition) is 5. The second kappa shape index (κ2) is 10.2. The van der Waals surface area contributed by atoms with Crippen LogP contribution >= 0.6 is 0 Å². The van der Waals surface area contributed by atoms with E-state index in [0.717, 1.165) is 12.8 Å². The van der Waals surface area contributed by atoms with Gasteiger partial charge in [0.2, 0.25) is 0 Å². The van der Waals surface area contributed by atoms with Crippen LogP contribution in [0.2, 0.25) is 0 Å². The van der Waals surface area contributed by atoms with E-state index in [2.05, 4.69) is 5.32 Å². The molecule has 6 nitrogen and oxygen atoms in total. The molecule has 0 aliphatic heterocycles. The number of Topliss-reactive ketones (excluding diaryl/α,β-unsaturated/α-hetero) is 1. The lowest BCUT2D eigenvalue weighted by molar-refractivity contribution is -0.145. The predicted molar refractivity (Wildman–Crippen MR) is 83.6 cm³/mol. The van der Waals surface area contributed by atoms with Crippen LogP contribution in [0, 0.1) is 0 Å². The summed E-state index contributed by atoms with van der Waals surface area (Å²) >= 11 is 0. The minimum absolute atomic E-state index is 0.0853. The van der Waals surface area contributed by atoms with Crippen molar-refractivity contribution in [3.63, 3.8) is 0 Å². The number of esters is 1. The van der Waals surface area contributed by atoms with Gasteiger partial charge in [-0.05, 0) is 40.5 Å². The predicted octanol–water partition coefficient (Wildman–Crippen LogP) is 2.98. The molecule has 1 atom stereocenters. The first-order valence-corrected chi connectivity index (χ1v) is 7.87. The van der Waals surface area contributed by atoms with E-state index in [1.54, 1.807) is 27.7 Å². The number of hydrogen-bond donors (Lipinski definition) is 1. The topological polar surface area (TPSA) is 81.7 Å². The van der Waals surface area contributed by atoms with Gasteiger partial charge in [-0.1, -0.05) is 13.3 Å². The Morgan fingerprint density at radius 3 is 2.23 bits per heavy atom. The molecule has 0 bridgehead atoms. The number of carbonyl (C=O) groups is 3. The second-order valence-corrected chi connectivity index (χ2v) is 6.13. The van der Waals surface area contributed by atoms with E-state index < -0.39 is 23.7 Å². The van der Waals surface area contributed by atoms with Crippen molar-refractivity contribution in [1.82, 2.24) is 5.32 Å². The summed E-state index contributed by atoms with van der Waals surface area (Å²) in [6.45, 7) is 9.13. The third kappa shape index (κ3) is 10.2. The molecule has 0 saturated heterocycles. The third-order valence-corrected chi connectivity index (χ3v) is 2.78. The first-order chi connectivity index (χ1) is 10.2. The van der Waals surface area contributed by atoms with Crippen molar-refractivity contribution < 1.29 is 23.9 Å². The van der Waals surface area contributed by atoms with Gasteiger partial charge in [-0.25, -0.2) is 9.59 Å². The van der Waals surface area contributed by atoms with Crippen LogP contribution in [0.4, 0.5) is 4.79 Å². The third-order valence-electron chi connectivity index (χ3n) is 2.78. The molecule has 0 aromatic carbocycles. The molecule has 0 heterocycles. The lowest BCUT2D eigenvalue weighted by atomic mass is 10.1. The fourth-order valence-corrected chi connectivity index (χ4v) is 1.75. The van der Waals surface area contributed by atoms with Crippen LogP contribution in [-0.2, 0) is 19.1 Å². The first kappa shape index (κ1) is 20.4. The molecule has 0 radical (unpaired) electrons. The van der Waals surface area contributed by atoms with Gasteiger partial charge in [-0.3, -0.25) is 4.79 Å². The Bertz CT molecular complexity index is 373. The largest absolute Gasteiger partial charge is 0.464 e. The summed E-state index contributed by atoms with van der Waals surface area (Å²) in [4.78, 5) is 35.3. The maximum absolute atomic E-state index is 11.9. The Kier molecular flexibility index (Phi) is 9.45. The minimum Gasteiger partial charge on any atom is -0.464 e. The quantitative estimate of drug-likeness (QED) is 0.661. The monoisotopic (exact) mass is 315 g/mol. The summed E-state index contributed by atoms with van der Waals surface area (Å²) in [5, 5.41) is 2.48. The van der Waals surface area contributed by atoms with Gasteiger partial charge >= 0.3 is 12.1 Å². The molecule has 0 saturated carbocycles. The van der Waals surface area contributed by atoms with Crippen molar-refractivity contribution in [3.8, 4) is 0 Å². The second-order valence-electron chi connectivity index (χ2n) is 6.13. The number of ether oxygens (including phenoxy) is 2. The Labute approximate surface area is 132 Å². The van der Waals surface area contributed by atoms with Gasteiger partial charge in [-0.2, -0.15) is 0 Å². The summed E-state index contributed by atoms with van der Waals surface area (Å²) in [6.07, 6.45) is 2.05. The normalized spacial score (nSPS) is 12.4. The van der Waals surface area contributed by atoms with Crippen LogP contribution in [0.25, 0.3) is 0 Å². The molecule has 0 spiro atoms. The summed E-state index contributed by atoms with van der Waals surface area (Å²) in [6, 6.07) is -0.861. The van der Waals surface area contributed by atoms with E-state index in [1.807, 2.05) is 6.92 Å². The molecule has 0 aliphatic rings. The van der Waals surface area contributed by atoms with Crippen LogP contribution in [0.15, 0.2) is 0 Å². The minimum atomic E-state index is -0.861. The van der Waals surface area contributed by atoms with Gasteiger partial charge in [0.1, 0.15) is 17.4 Å². The van der Waals surface area contributed by atoms with Gasteiger partial charge in [-0.15, -0.1) is 0 Å². The number of rotatable bonds is 9. The number of unbranched alkanes of at least 4 members (excludes halogenated alkanes) is 1. The highest BCUT2D eigenvalue weighted by Crippen LogP contribution is 2.09. The van der Waals surface area contributed by atoms with Crippen LogP contribution < -0.4 is 5.32 Å². The molecular formula is C16H29NO5. The van der Waals surface area contributed by atoms with E-state index in [1.165, 1.54) is 0 Å². The van der Waals surface area contributed by atoms with Crippen molar-refractivity contribution in [2.24, 2.45) is 0 Å². The molecule has 1 amide bonds. The number of carbonyl (C=O) groups excluding carboxylic acids is 3. The zero-order valence-electron chi connectivity index (χ0n) is 14.4. The molecule has 0 fully saturated rings. The lowest BCUT2D eigenvalue weighted by Gasteiger charge is -2.22. The molecule has 0 aromatic heterocycles. The smallest absolute Gasteiger partial charge is 0.408 e. The van der Waals surface area contributed by atoms with Gasteiger partial charge in [0.25, 0.3) is 0 Å². The lowest BCUT2D eigenvalue weighted by Crippen LogP contribution is -2.44. The summed E-state index contributed by atoms with van der Waals surface area (Å²) in [7, 11) is 0. The summed E-state index contributed by atoms with van der Waals surface area (Å²) in [5.74, 6) is -0.459. The van der Waals surface area contributed by atoms with E-state index >= 15 is 0 Å². The van der Waals surface area contributed by atoms with Crippen molar-refractivity contribution in [3.05, 3.63) is 0 Å². The molecule has 128 valence electrons. The van der Waals surface area contributed by atoms with E-state index in [-0.39, 0.29) is 25.2 Å². The average Bonchev–Trinajstić information content (AvgIpc) is 2.39. The fraction of sp³-hybridized carbons (Fsp3) is 0.812. The Morgan fingerprint density at radius 1 is 1.09 bits per heavy atom.